The third-order valence-electron chi connectivity index (χ3n) is 2.34. The summed E-state index contributed by atoms with van der Waals surface area (Å²) in [6.07, 6.45) is 0.993. The Kier molecular flexibility index (Phi) is 5.42. The average Bonchev–Trinajstić information content (AvgIpc) is 1.93. The van der Waals surface area contributed by atoms with Crippen LogP contribution < -0.4 is 5.32 Å². The van der Waals surface area contributed by atoms with E-state index in [-0.39, 0.29) is 23.0 Å². The molecule has 0 saturated carbocycles. The predicted molar refractivity (Wildman–Crippen MR) is 76.6 cm³/mol. The first-order valence-corrected chi connectivity index (χ1v) is 6.72. The molecule has 0 aliphatic heterocycles. The number of hydrogen-bond acceptors (Lipinski definition) is 3. The molecule has 0 rings (SSSR count). The molecule has 0 radical (unpaired) electrons. The van der Waals surface area contributed by atoms with Crippen LogP contribution in [0.15, 0.2) is 0 Å². The molecular weight excluding hydrogens is 226 g/mol. The Hall–Kier alpha value is -0.570. The zero-order valence-electron chi connectivity index (χ0n) is 13.6. The predicted octanol–water partition coefficient (Wildman–Crippen LogP) is 3.52. The Morgan fingerprint density at radius 3 is 1.83 bits per heavy atom. The fourth-order valence-electron chi connectivity index (χ4n) is 2.41. The van der Waals surface area contributed by atoms with E-state index in [1.165, 1.54) is 0 Å². The Morgan fingerprint density at radius 1 is 1.06 bits per heavy atom. The average molecular weight is 257 g/mol. The summed E-state index contributed by atoms with van der Waals surface area (Å²) in [6.45, 7) is 18.4. The molecule has 0 amide bonds. The quantitative estimate of drug-likeness (QED) is 0.783. The van der Waals surface area contributed by atoms with E-state index in [0.717, 1.165) is 6.42 Å². The lowest BCUT2D eigenvalue weighted by atomic mass is 9.81. The Morgan fingerprint density at radius 2 is 1.50 bits per heavy atom. The van der Waals surface area contributed by atoms with Crippen molar-refractivity contribution in [2.75, 3.05) is 0 Å². The summed E-state index contributed by atoms with van der Waals surface area (Å²) in [6, 6.07) is -0.290. The molecule has 0 aromatic carbocycles. The summed E-state index contributed by atoms with van der Waals surface area (Å²) in [5, 5.41) is 3.36. The van der Waals surface area contributed by atoms with Gasteiger partial charge in [0.15, 0.2) is 0 Å². The molecule has 1 atom stereocenters. The molecule has 0 aliphatic carbocycles. The largest absolute Gasteiger partial charge is 0.459 e. The number of carbonyl (C=O) groups excluding carboxylic acids is 1. The van der Waals surface area contributed by atoms with Gasteiger partial charge in [0.1, 0.15) is 11.6 Å². The van der Waals surface area contributed by atoms with Crippen molar-refractivity contribution in [3.05, 3.63) is 0 Å². The smallest absolute Gasteiger partial charge is 0.323 e. The van der Waals surface area contributed by atoms with Gasteiger partial charge in [-0.25, -0.2) is 0 Å². The highest BCUT2D eigenvalue weighted by Crippen LogP contribution is 2.27. The van der Waals surface area contributed by atoms with Gasteiger partial charge in [-0.1, -0.05) is 20.8 Å². The Labute approximate surface area is 113 Å². The summed E-state index contributed by atoms with van der Waals surface area (Å²) in [4.78, 5) is 11.9. The maximum atomic E-state index is 11.9. The van der Waals surface area contributed by atoms with Crippen molar-refractivity contribution in [3.63, 3.8) is 0 Å². The van der Waals surface area contributed by atoms with Gasteiger partial charge in [0, 0.05) is 5.54 Å². The van der Waals surface area contributed by atoms with E-state index in [4.69, 9.17) is 4.74 Å². The van der Waals surface area contributed by atoms with Crippen molar-refractivity contribution < 1.29 is 9.53 Å². The minimum atomic E-state index is -0.429. The van der Waals surface area contributed by atoms with Crippen LogP contribution in [-0.4, -0.2) is 23.2 Å². The molecule has 0 aromatic rings. The lowest BCUT2D eigenvalue weighted by molar-refractivity contribution is -0.157. The summed E-state index contributed by atoms with van der Waals surface area (Å²) in [5.74, 6) is -0.190. The first-order chi connectivity index (χ1) is 7.72. The normalized spacial score (nSPS) is 15.4. The topological polar surface area (TPSA) is 38.3 Å². The third-order valence-corrected chi connectivity index (χ3v) is 2.34. The van der Waals surface area contributed by atoms with E-state index < -0.39 is 5.60 Å². The first kappa shape index (κ1) is 17.4. The van der Waals surface area contributed by atoms with Gasteiger partial charge < -0.3 is 4.74 Å². The fourth-order valence-corrected chi connectivity index (χ4v) is 2.41. The van der Waals surface area contributed by atoms with Crippen LogP contribution in [0.3, 0.4) is 0 Å². The zero-order chi connectivity index (χ0) is 14.8. The second-order valence-corrected chi connectivity index (χ2v) is 8.02. The molecule has 0 aliphatic rings. The van der Waals surface area contributed by atoms with Gasteiger partial charge in [0.05, 0.1) is 0 Å². The van der Waals surface area contributed by atoms with Crippen LogP contribution in [0.5, 0.6) is 0 Å². The minimum Gasteiger partial charge on any atom is -0.459 e. The van der Waals surface area contributed by atoms with Crippen LogP contribution in [0.25, 0.3) is 0 Å². The van der Waals surface area contributed by atoms with E-state index in [2.05, 4.69) is 39.9 Å². The Bertz CT molecular complexity index is 282. The van der Waals surface area contributed by atoms with Crippen LogP contribution in [-0.2, 0) is 9.53 Å². The Balaban J connectivity index is 4.47. The maximum absolute atomic E-state index is 11.9. The van der Waals surface area contributed by atoms with E-state index >= 15 is 0 Å². The number of rotatable bonds is 4. The van der Waals surface area contributed by atoms with E-state index in [9.17, 15) is 4.79 Å². The molecular formula is C15H31NO2. The highest BCUT2D eigenvalue weighted by molar-refractivity contribution is 5.75. The van der Waals surface area contributed by atoms with Crippen LogP contribution >= 0.6 is 0 Å². The van der Waals surface area contributed by atoms with Crippen molar-refractivity contribution in [2.45, 2.75) is 85.9 Å². The highest BCUT2D eigenvalue weighted by atomic mass is 16.6. The molecule has 1 unspecified atom stereocenters. The van der Waals surface area contributed by atoms with E-state index in [0.29, 0.717) is 0 Å². The van der Waals surface area contributed by atoms with E-state index in [1.807, 2.05) is 27.7 Å². The zero-order valence-corrected chi connectivity index (χ0v) is 13.6. The molecule has 0 bridgehead atoms. The van der Waals surface area contributed by atoms with Crippen molar-refractivity contribution in [2.24, 2.45) is 5.41 Å². The first-order valence-electron chi connectivity index (χ1n) is 6.72. The standard InChI is InChI=1S/C15H31NO2/c1-11(12(17)18-14(5,6)7)16-15(8,9)10-13(2,3)4/h11,16H,10H2,1-9H3. The molecule has 0 aromatic heterocycles. The summed E-state index contributed by atoms with van der Waals surface area (Å²) in [7, 11) is 0. The van der Waals surface area contributed by atoms with Gasteiger partial charge in [-0.15, -0.1) is 0 Å². The van der Waals surface area contributed by atoms with Gasteiger partial charge in [0.2, 0.25) is 0 Å². The van der Waals surface area contributed by atoms with Crippen molar-refractivity contribution in [1.82, 2.24) is 5.32 Å². The molecule has 1 N–H and O–H groups in total. The maximum Gasteiger partial charge on any atom is 0.323 e. The fraction of sp³-hybridized carbons (Fsp3) is 0.933. The second-order valence-electron chi connectivity index (χ2n) is 8.02. The van der Waals surface area contributed by atoms with Gasteiger partial charge in [-0.3, -0.25) is 10.1 Å². The van der Waals surface area contributed by atoms with Crippen LogP contribution in [0.2, 0.25) is 0 Å². The molecule has 0 saturated heterocycles. The summed E-state index contributed by atoms with van der Waals surface area (Å²) >= 11 is 0. The number of nitrogens with one attached hydrogen (secondary N) is 1. The van der Waals surface area contributed by atoms with Crippen molar-refractivity contribution in [1.29, 1.82) is 0 Å². The van der Waals surface area contributed by atoms with E-state index in [1.54, 1.807) is 0 Å². The molecule has 18 heavy (non-hydrogen) atoms. The molecule has 0 spiro atoms. The molecule has 0 heterocycles. The molecule has 3 nitrogen and oxygen atoms in total. The van der Waals surface area contributed by atoms with Crippen LogP contribution in [0, 0.1) is 5.41 Å². The molecule has 3 heteroatoms. The van der Waals surface area contributed by atoms with Gasteiger partial charge >= 0.3 is 5.97 Å². The van der Waals surface area contributed by atoms with Gasteiger partial charge in [0.25, 0.3) is 0 Å². The number of hydrogen-bond donors (Lipinski definition) is 1. The number of esters is 1. The molecule has 0 fully saturated rings. The highest BCUT2D eigenvalue weighted by Gasteiger charge is 2.30. The second kappa shape index (κ2) is 5.60. The molecule has 108 valence electrons. The number of carbonyl (C=O) groups is 1. The van der Waals surface area contributed by atoms with Crippen LogP contribution in [0.4, 0.5) is 0 Å². The SMILES string of the molecule is CC(NC(C)(C)CC(C)(C)C)C(=O)OC(C)(C)C. The summed E-state index contributed by atoms with van der Waals surface area (Å²) < 4.78 is 5.37. The third kappa shape index (κ3) is 8.51. The lowest BCUT2D eigenvalue weighted by Crippen LogP contribution is -2.51. The summed E-state index contributed by atoms with van der Waals surface area (Å²) in [5.41, 5.74) is -0.292. The van der Waals surface area contributed by atoms with Crippen molar-refractivity contribution in [3.8, 4) is 0 Å². The number of ether oxygens (including phenoxy) is 1. The minimum absolute atomic E-state index is 0.0887. The van der Waals surface area contributed by atoms with Gasteiger partial charge in [-0.2, -0.15) is 0 Å². The lowest BCUT2D eigenvalue weighted by Gasteiger charge is -2.36. The van der Waals surface area contributed by atoms with Gasteiger partial charge in [-0.05, 0) is 53.4 Å². The van der Waals surface area contributed by atoms with Crippen molar-refractivity contribution >= 4 is 5.97 Å². The monoisotopic (exact) mass is 257 g/mol. The van der Waals surface area contributed by atoms with Crippen LogP contribution in [0.1, 0.15) is 68.7 Å².